The van der Waals surface area contributed by atoms with Gasteiger partial charge in [-0.15, -0.1) is 0 Å². The first-order chi connectivity index (χ1) is 9.20. The normalized spacial score (nSPS) is 12.2. The molecular weight excluding hydrogens is 232 g/mol. The minimum absolute atomic E-state index is 0.344. The van der Waals surface area contributed by atoms with Gasteiger partial charge < -0.3 is 0 Å². The maximum atomic E-state index is 12.4. The number of hydrogen-bond acceptors (Lipinski definition) is 1. The highest BCUT2D eigenvalue weighted by Gasteiger charge is 2.13. The first kappa shape index (κ1) is 15.7. The lowest BCUT2D eigenvalue weighted by Crippen LogP contribution is -2.05. The van der Waals surface area contributed by atoms with Gasteiger partial charge >= 0.3 is 0 Å². The van der Waals surface area contributed by atoms with Gasteiger partial charge in [0.1, 0.15) is 0 Å². The molecule has 0 amide bonds. The van der Waals surface area contributed by atoms with E-state index in [1.165, 1.54) is 5.56 Å². The van der Waals surface area contributed by atoms with Crippen LogP contribution in [0.1, 0.15) is 64.9 Å². The summed E-state index contributed by atoms with van der Waals surface area (Å²) in [5.41, 5.74) is 3.38. The van der Waals surface area contributed by atoms with Gasteiger partial charge in [0.2, 0.25) is 0 Å². The average Bonchev–Trinajstić information content (AvgIpc) is 2.46. The SMILES string of the molecule is CCCCC(=O)C(CCCC)=C(C)c1ccccc1. The fourth-order valence-corrected chi connectivity index (χ4v) is 2.24. The number of carbonyl (C=O) groups is 1. The van der Waals surface area contributed by atoms with Crippen LogP contribution in [0.4, 0.5) is 0 Å². The van der Waals surface area contributed by atoms with Gasteiger partial charge in [-0.2, -0.15) is 0 Å². The van der Waals surface area contributed by atoms with E-state index in [1.807, 2.05) is 18.2 Å². The molecule has 0 radical (unpaired) electrons. The molecule has 1 rings (SSSR count). The van der Waals surface area contributed by atoms with Crippen LogP contribution in [0.15, 0.2) is 35.9 Å². The van der Waals surface area contributed by atoms with Crippen molar-refractivity contribution in [1.82, 2.24) is 0 Å². The molecule has 0 fully saturated rings. The molecule has 0 heterocycles. The molecule has 0 N–H and O–H groups in total. The van der Waals surface area contributed by atoms with Crippen molar-refractivity contribution in [1.29, 1.82) is 0 Å². The fraction of sp³-hybridized carbons (Fsp3) is 0.500. The zero-order valence-corrected chi connectivity index (χ0v) is 12.5. The standard InChI is InChI=1S/C18H26O/c1-4-6-13-17(18(19)14-7-5-2)15(3)16-11-9-8-10-12-16/h8-12H,4-7,13-14H2,1-3H3. The largest absolute Gasteiger partial charge is 0.295 e. The fourth-order valence-electron chi connectivity index (χ4n) is 2.24. The minimum Gasteiger partial charge on any atom is -0.295 e. The second-order valence-electron chi connectivity index (χ2n) is 5.10. The van der Waals surface area contributed by atoms with Crippen molar-refractivity contribution >= 4 is 11.4 Å². The molecular formula is C18H26O. The van der Waals surface area contributed by atoms with E-state index in [2.05, 4.69) is 32.9 Å². The van der Waals surface area contributed by atoms with Gasteiger partial charge in [-0.05, 0) is 42.9 Å². The topological polar surface area (TPSA) is 17.1 Å². The summed E-state index contributed by atoms with van der Waals surface area (Å²) in [6.07, 6.45) is 5.91. The Labute approximate surface area is 117 Å². The quantitative estimate of drug-likeness (QED) is 0.570. The Morgan fingerprint density at radius 1 is 0.947 bits per heavy atom. The van der Waals surface area contributed by atoms with Crippen LogP contribution in [0.2, 0.25) is 0 Å². The minimum atomic E-state index is 0.344. The smallest absolute Gasteiger partial charge is 0.159 e. The summed E-state index contributed by atoms with van der Waals surface area (Å²) in [4.78, 5) is 12.4. The van der Waals surface area contributed by atoms with Crippen molar-refractivity contribution in [2.24, 2.45) is 0 Å². The Bertz CT molecular complexity index is 415. The van der Waals surface area contributed by atoms with Crippen molar-refractivity contribution in [3.05, 3.63) is 41.5 Å². The van der Waals surface area contributed by atoms with Gasteiger partial charge in [-0.3, -0.25) is 4.79 Å². The summed E-state index contributed by atoms with van der Waals surface area (Å²) < 4.78 is 0. The Kier molecular flexibility index (Phi) is 7.17. The highest BCUT2D eigenvalue weighted by Crippen LogP contribution is 2.24. The van der Waals surface area contributed by atoms with Gasteiger partial charge in [0.05, 0.1) is 0 Å². The third kappa shape index (κ3) is 5.02. The number of Topliss-reactive ketones (excluding diaryl/α,β-unsaturated/α-hetero) is 1. The van der Waals surface area contributed by atoms with Crippen LogP contribution in [0.25, 0.3) is 5.57 Å². The predicted octanol–water partition coefficient (Wildman–Crippen LogP) is 5.41. The monoisotopic (exact) mass is 258 g/mol. The van der Waals surface area contributed by atoms with Gasteiger partial charge in [-0.1, -0.05) is 57.0 Å². The number of ketones is 1. The maximum Gasteiger partial charge on any atom is 0.159 e. The molecule has 0 aliphatic heterocycles. The molecule has 0 aromatic heterocycles. The van der Waals surface area contributed by atoms with E-state index in [-0.39, 0.29) is 0 Å². The maximum absolute atomic E-state index is 12.4. The molecule has 1 aromatic rings. The molecule has 0 saturated heterocycles. The number of benzene rings is 1. The van der Waals surface area contributed by atoms with Crippen LogP contribution >= 0.6 is 0 Å². The number of hydrogen-bond donors (Lipinski definition) is 0. The third-order valence-corrected chi connectivity index (χ3v) is 3.53. The zero-order chi connectivity index (χ0) is 14.1. The second-order valence-corrected chi connectivity index (χ2v) is 5.10. The zero-order valence-electron chi connectivity index (χ0n) is 12.5. The van der Waals surface area contributed by atoms with Gasteiger partial charge in [0.15, 0.2) is 5.78 Å². The first-order valence-corrected chi connectivity index (χ1v) is 7.49. The van der Waals surface area contributed by atoms with E-state index in [4.69, 9.17) is 0 Å². The summed E-state index contributed by atoms with van der Waals surface area (Å²) in [7, 11) is 0. The Morgan fingerprint density at radius 2 is 1.53 bits per heavy atom. The van der Waals surface area contributed by atoms with Gasteiger partial charge in [0.25, 0.3) is 0 Å². The molecule has 0 bridgehead atoms. The Morgan fingerprint density at radius 3 is 2.11 bits per heavy atom. The van der Waals surface area contributed by atoms with Crippen molar-refractivity contribution in [2.45, 2.75) is 59.3 Å². The summed E-state index contributed by atoms with van der Waals surface area (Å²) in [5.74, 6) is 0.344. The van der Waals surface area contributed by atoms with Crippen molar-refractivity contribution < 1.29 is 4.79 Å². The van der Waals surface area contributed by atoms with E-state index in [9.17, 15) is 4.79 Å². The van der Waals surface area contributed by atoms with E-state index in [0.717, 1.165) is 43.3 Å². The average molecular weight is 258 g/mol. The van der Waals surface area contributed by atoms with Crippen LogP contribution < -0.4 is 0 Å². The number of unbranched alkanes of at least 4 members (excludes halogenated alkanes) is 2. The van der Waals surface area contributed by atoms with Crippen molar-refractivity contribution in [2.75, 3.05) is 0 Å². The van der Waals surface area contributed by atoms with Gasteiger partial charge in [0, 0.05) is 6.42 Å². The second kappa shape index (κ2) is 8.68. The van der Waals surface area contributed by atoms with Crippen LogP contribution in [0.5, 0.6) is 0 Å². The highest BCUT2D eigenvalue weighted by atomic mass is 16.1. The molecule has 0 saturated carbocycles. The summed E-state index contributed by atoms with van der Waals surface area (Å²) in [6.45, 7) is 6.39. The van der Waals surface area contributed by atoms with Crippen molar-refractivity contribution in [3.63, 3.8) is 0 Å². The molecule has 0 aliphatic rings. The van der Waals surface area contributed by atoms with E-state index in [1.54, 1.807) is 0 Å². The molecule has 0 atom stereocenters. The Balaban J connectivity index is 2.97. The van der Waals surface area contributed by atoms with E-state index < -0.39 is 0 Å². The highest BCUT2D eigenvalue weighted by molar-refractivity contribution is 6.02. The lowest BCUT2D eigenvalue weighted by molar-refractivity contribution is -0.115. The van der Waals surface area contributed by atoms with Crippen LogP contribution in [-0.2, 0) is 4.79 Å². The summed E-state index contributed by atoms with van der Waals surface area (Å²) in [6, 6.07) is 10.3. The number of carbonyl (C=O) groups excluding carboxylic acids is 1. The number of rotatable bonds is 8. The van der Waals surface area contributed by atoms with Crippen LogP contribution in [-0.4, -0.2) is 5.78 Å². The lowest BCUT2D eigenvalue weighted by Gasteiger charge is -2.11. The molecule has 1 heteroatoms. The molecule has 1 nitrogen and oxygen atoms in total. The third-order valence-electron chi connectivity index (χ3n) is 3.53. The summed E-state index contributed by atoms with van der Waals surface area (Å²) in [5, 5.41) is 0. The lowest BCUT2D eigenvalue weighted by atomic mass is 9.92. The van der Waals surface area contributed by atoms with E-state index in [0.29, 0.717) is 12.2 Å². The summed E-state index contributed by atoms with van der Waals surface area (Å²) >= 11 is 0. The molecule has 104 valence electrons. The first-order valence-electron chi connectivity index (χ1n) is 7.49. The molecule has 0 aliphatic carbocycles. The predicted molar refractivity (Wildman–Crippen MR) is 83.1 cm³/mol. The molecule has 0 spiro atoms. The van der Waals surface area contributed by atoms with Crippen molar-refractivity contribution in [3.8, 4) is 0 Å². The number of allylic oxidation sites excluding steroid dienone is 2. The van der Waals surface area contributed by atoms with Crippen LogP contribution in [0.3, 0.4) is 0 Å². The molecule has 1 aromatic carbocycles. The van der Waals surface area contributed by atoms with Crippen LogP contribution in [0, 0.1) is 0 Å². The van der Waals surface area contributed by atoms with E-state index >= 15 is 0 Å². The Hall–Kier alpha value is -1.37. The molecule has 0 unspecified atom stereocenters. The molecule has 19 heavy (non-hydrogen) atoms. The van der Waals surface area contributed by atoms with Gasteiger partial charge in [-0.25, -0.2) is 0 Å².